The third-order valence-corrected chi connectivity index (χ3v) is 2.56. The van der Waals surface area contributed by atoms with Crippen LogP contribution in [0.2, 0.25) is 0 Å². The monoisotopic (exact) mass is 189 g/mol. The zero-order chi connectivity index (χ0) is 10.0. The Morgan fingerprint density at radius 1 is 1.50 bits per heavy atom. The van der Waals surface area contributed by atoms with Gasteiger partial charge in [-0.25, -0.2) is 6.57 Å². The summed E-state index contributed by atoms with van der Waals surface area (Å²) in [6.07, 6.45) is 4.47. The van der Waals surface area contributed by atoms with Gasteiger partial charge in [0.15, 0.2) is 0 Å². The van der Waals surface area contributed by atoms with Gasteiger partial charge in [-0.2, -0.15) is 0 Å². The molecular formula is C10H11N3O. The van der Waals surface area contributed by atoms with Crippen molar-refractivity contribution in [3.63, 3.8) is 0 Å². The average molecular weight is 189 g/mol. The van der Waals surface area contributed by atoms with Crippen LogP contribution >= 0.6 is 0 Å². The molecule has 4 heteroatoms. The molecule has 0 unspecified atom stereocenters. The number of aromatic nitrogens is 1. The zero-order valence-electron chi connectivity index (χ0n) is 7.71. The molecule has 1 aromatic rings. The maximum absolute atomic E-state index is 10.8. The summed E-state index contributed by atoms with van der Waals surface area (Å²) in [6, 6.07) is 3.16. The lowest BCUT2D eigenvalue weighted by Crippen LogP contribution is -2.41. The van der Waals surface area contributed by atoms with E-state index in [4.69, 9.17) is 6.57 Å². The van der Waals surface area contributed by atoms with Gasteiger partial charge in [-0.1, -0.05) is 0 Å². The highest BCUT2D eigenvalue weighted by molar-refractivity contribution is 5.44. The number of hydrogen-bond acceptors (Lipinski definition) is 2. The van der Waals surface area contributed by atoms with Gasteiger partial charge in [-0.3, -0.25) is 9.64 Å². The third-order valence-electron chi connectivity index (χ3n) is 2.56. The molecule has 1 aromatic heterocycles. The Bertz CT molecular complexity index is 405. The molecule has 4 nitrogen and oxygen atoms in total. The van der Waals surface area contributed by atoms with Crippen LogP contribution in [0.1, 0.15) is 19.3 Å². The van der Waals surface area contributed by atoms with Crippen molar-refractivity contribution in [2.75, 3.05) is 5.32 Å². The van der Waals surface area contributed by atoms with Crippen molar-refractivity contribution in [3.8, 4) is 0 Å². The standard InChI is InChI=1S/C10H11N3O/c1-11-10(5-2-6-10)13-8-3-4-9(14)12-7-8/h3-4,7,13H,2,5-6H2,(H,12,14). The molecule has 0 bridgehead atoms. The second-order valence-electron chi connectivity index (χ2n) is 3.56. The van der Waals surface area contributed by atoms with Crippen LogP contribution in [-0.2, 0) is 0 Å². The van der Waals surface area contributed by atoms with E-state index in [1.165, 1.54) is 6.07 Å². The first-order valence-corrected chi connectivity index (χ1v) is 4.60. The van der Waals surface area contributed by atoms with E-state index in [2.05, 4.69) is 15.1 Å². The van der Waals surface area contributed by atoms with E-state index in [9.17, 15) is 4.79 Å². The fourth-order valence-electron chi connectivity index (χ4n) is 1.53. The molecule has 2 rings (SSSR count). The predicted octanol–water partition coefficient (Wildman–Crippen LogP) is 1.59. The van der Waals surface area contributed by atoms with Crippen molar-refractivity contribution in [3.05, 3.63) is 40.1 Å². The number of nitrogens with zero attached hydrogens (tertiary/aromatic N) is 1. The normalized spacial score (nSPS) is 17.9. The summed E-state index contributed by atoms with van der Waals surface area (Å²) < 4.78 is 0. The van der Waals surface area contributed by atoms with E-state index in [1.54, 1.807) is 12.3 Å². The summed E-state index contributed by atoms with van der Waals surface area (Å²) in [5, 5.41) is 3.14. The van der Waals surface area contributed by atoms with Crippen molar-refractivity contribution in [1.29, 1.82) is 0 Å². The second kappa shape index (κ2) is 3.18. The highest BCUT2D eigenvalue weighted by Crippen LogP contribution is 2.36. The number of pyridine rings is 1. The van der Waals surface area contributed by atoms with E-state index >= 15 is 0 Å². The Morgan fingerprint density at radius 3 is 2.71 bits per heavy atom. The van der Waals surface area contributed by atoms with Crippen molar-refractivity contribution < 1.29 is 0 Å². The molecule has 0 saturated heterocycles. The first-order chi connectivity index (χ1) is 6.74. The van der Waals surface area contributed by atoms with Crippen LogP contribution in [0, 0.1) is 6.57 Å². The Balaban J connectivity index is 2.15. The first kappa shape index (κ1) is 8.82. The molecule has 0 spiro atoms. The highest BCUT2D eigenvalue weighted by atomic mass is 16.1. The second-order valence-corrected chi connectivity index (χ2v) is 3.56. The van der Waals surface area contributed by atoms with Gasteiger partial charge in [0.25, 0.3) is 0 Å². The van der Waals surface area contributed by atoms with Gasteiger partial charge < -0.3 is 10.3 Å². The molecule has 1 aliphatic carbocycles. The van der Waals surface area contributed by atoms with Gasteiger partial charge in [0.05, 0.1) is 5.69 Å². The smallest absolute Gasteiger partial charge is 0.305 e. The summed E-state index contributed by atoms with van der Waals surface area (Å²) in [5.41, 5.74) is 0.263. The minimum absolute atomic E-state index is 0.124. The van der Waals surface area contributed by atoms with E-state index in [0.717, 1.165) is 24.9 Å². The summed E-state index contributed by atoms with van der Waals surface area (Å²) in [7, 11) is 0. The van der Waals surface area contributed by atoms with E-state index in [-0.39, 0.29) is 5.56 Å². The predicted molar refractivity (Wildman–Crippen MR) is 53.9 cm³/mol. The van der Waals surface area contributed by atoms with Gasteiger partial charge in [0.2, 0.25) is 5.56 Å². The fourth-order valence-corrected chi connectivity index (χ4v) is 1.53. The maximum Gasteiger partial charge on any atom is 0.305 e. The van der Waals surface area contributed by atoms with E-state index < -0.39 is 5.66 Å². The summed E-state index contributed by atoms with van der Waals surface area (Å²) in [4.78, 5) is 17.0. The topological polar surface area (TPSA) is 49.2 Å². The molecule has 0 atom stereocenters. The number of anilines is 1. The van der Waals surface area contributed by atoms with E-state index in [0.29, 0.717) is 0 Å². The fraction of sp³-hybridized carbons (Fsp3) is 0.400. The van der Waals surface area contributed by atoms with Crippen LogP contribution in [-0.4, -0.2) is 10.6 Å². The van der Waals surface area contributed by atoms with Crippen molar-refractivity contribution in [2.24, 2.45) is 0 Å². The minimum atomic E-state index is -0.418. The van der Waals surface area contributed by atoms with E-state index in [1.807, 2.05) is 0 Å². The van der Waals surface area contributed by atoms with Crippen LogP contribution < -0.4 is 10.9 Å². The molecule has 1 saturated carbocycles. The van der Waals surface area contributed by atoms with Crippen LogP contribution in [0.15, 0.2) is 23.1 Å². The number of H-pyrrole nitrogens is 1. The number of rotatable bonds is 2. The molecule has 2 N–H and O–H groups in total. The Kier molecular flexibility index (Phi) is 2.01. The molecule has 72 valence electrons. The number of aromatic amines is 1. The van der Waals surface area contributed by atoms with Crippen LogP contribution in [0.3, 0.4) is 0 Å². The number of nitrogens with one attached hydrogen (secondary N) is 2. The lowest BCUT2D eigenvalue weighted by molar-refractivity contribution is 0.343. The lowest BCUT2D eigenvalue weighted by Gasteiger charge is -2.31. The molecule has 0 aliphatic heterocycles. The molecule has 0 amide bonds. The van der Waals surface area contributed by atoms with Gasteiger partial charge >= 0.3 is 5.66 Å². The van der Waals surface area contributed by atoms with Crippen molar-refractivity contribution >= 4 is 5.69 Å². The summed E-state index contributed by atoms with van der Waals surface area (Å²) >= 11 is 0. The molecule has 14 heavy (non-hydrogen) atoms. The molecular weight excluding hydrogens is 178 g/mol. The van der Waals surface area contributed by atoms with Crippen LogP contribution in [0.5, 0.6) is 0 Å². The summed E-state index contributed by atoms with van der Waals surface area (Å²) in [6.45, 7) is 7.09. The van der Waals surface area contributed by atoms with Crippen LogP contribution in [0.4, 0.5) is 5.69 Å². The maximum atomic E-state index is 10.8. The van der Waals surface area contributed by atoms with Gasteiger partial charge in [0, 0.05) is 25.1 Å². The largest absolute Gasteiger partial charge is 0.327 e. The summed E-state index contributed by atoms with van der Waals surface area (Å²) in [5.74, 6) is 0. The Labute approximate surface area is 81.8 Å². The zero-order valence-corrected chi connectivity index (χ0v) is 7.71. The molecule has 0 aromatic carbocycles. The Hall–Kier alpha value is -1.76. The van der Waals surface area contributed by atoms with Crippen molar-refractivity contribution in [2.45, 2.75) is 24.9 Å². The molecule has 0 radical (unpaired) electrons. The molecule has 1 heterocycles. The molecule has 1 fully saturated rings. The average Bonchev–Trinajstić information content (AvgIpc) is 2.15. The SMILES string of the molecule is [C-]#[N+]C1(Nc2ccc(=O)[nH]c2)CCC1. The Morgan fingerprint density at radius 2 is 2.29 bits per heavy atom. The molecule has 1 aliphatic rings. The highest BCUT2D eigenvalue weighted by Gasteiger charge is 2.43. The first-order valence-electron chi connectivity index (χ1n) is 4.60. The third kappa shape index (κ3) is 1.49. The van der Waals surface area contributed by atoms with Crippen LogP contribution in [0.25, 0.3) is 4.85 Å². The van der Waals surface area contributed by atoms with Gasteiger partial charge in [-0.05, 0) is 12.5 Å². The minimum Gasteiger partial charge on any atom is -0.327 e. The lowest BCUT2D eigenvalue weighted by atomic mass is 9.85. The van der Waals surface area contributed by atoms with Gasteiger partial charge in [-0.15, -0.1) is 0 Å². The number of hydrogen-bond donors (Lipinski definition) is 2. The van der Waals surface area contributed by atoms with Gasteiger partial charge in [0.1, 0.15) is 0 Å². The quantitative estimate of drug-likeness (QED) is 0.694. The van der Waals surface area contributed by atoms with Crippen molar-refractivity contribution in [1.82, 2.24) is 4.98 Å².